The van der Waals surface area contributed by atoms with E-state index in [2.05, 4.69) is 6.07 Å². The molecule has 2 rings (SSSR count). The summed E-state index contributed by atoms with van der Waals surface area (Å²) in [4.78, 5) is 0.241. The van der Waals surface area contributed by atoms with Crippen molar-refractivity contribution in [2.24, 2.45) is 5.73 Å². The molecule has 0 saturated carbocycles. The molecule has 0 spiro atoms. The highest BCUT2D eigenvalue weighted by Gasteiger charge is 2.09. The zero-order valence-electron chi connectivity index (χ0n) is 12.4. The summed E-state index contributed by atoms with van der Waals surface area (Å²) < 4.78 is 19.3. The van der Waals surface area contributed by atoms with Gasteiger partial charge in [-0.25, -0.2) is 4.39 Å². The Morgan fingerprint density at radius 1 is 1.19 bits per heavy atom. The van der Waals surface area contributed by atoms with Crippen LogP contribution in [0.1, 0.15) is 27.8 Å². The van der Waals surface area contributed by atoms with Crippen molar-refractivity contribution in [3.8, 4) is 5.75 Å². The summed E-state index contributed by atoms with van der Waals surface area (Å²) >= 11 is 4.99. The lowest BCUT2D eigenvalue weighted by atomic mass is 10.1. The molecule has 0 radical (unpaired) electrons. The second-order valence-electron chi connectivity index (χ2n) is 5.16. The molecular formula is C17H18FNOS. The molecule has 0 unspecified atom stereocenters. The van der Waals surface area contributed by atoms with Crippen LogP contribution in [0.15, 0.2) is 30.3 Å². The predicted molar refractivity (Wildman–Crippen MR) is 87.3 cm³/mol. The maximum atomic E-state index is 13.4. The second kappa shape index (κ2) is 6.22. The van der Waals surface area contributed by atoms with Crippen molar-refractivity contribution in [1.82, 2.24) is 0 Å². The lowest BCUT2D eigenvalue weighted by molar-refractivity contribution is 0.303. The Kier molecular flexibility index (Phi) is 4.58. The number of hydrogen-bond donors (Lipinski definition) is 1. The SMILES string of the molecule is Cc1cc(C)c(C)c(OCc2cc(F)ccc2C(N)=S)c1. The number of hydrogen-bond acceptors (Lipinski definition) is 2. The maximum Gasteiger partial charge on any atom is 0.123 e. The van der Waals surface area contributed by atoms with E-state index in [0.29, 0.717) is 11.1 Å². The quantitative estimate of drug-likeness (QED) is 0.868. The highest BCUT2D eigenvalue weighted by molar-refractivity contribution is 7.80. The summed E-state index contributed by atoms with van der Waals surface area (Å²) in [6.07, 6.45) is 0. The van der Waals surface area contributed by atoms with Crippen LogP contribution < -0.4 is 10.5 Å². The van der Waals surface area contributed by atoms with E-state index in [1.165, 1.54) is 17.7 Å². The minimum atomic E-state index is -0.328. The van der Waals surface area contributed by atoms with Crippen LogP contribution >= 0.6 is 12.2 Å². The van der Waals surface area contributed by atoms with Gasteiger partial charge in [0.05, 0.1) is 0 Å². The van der Waals surface area contributed by atoms with Gasteiger partial charge < -0.3 is 10.5 Å². The topological polar surface area (TPSA) is 35.2 Å². The van der Waals surface area contributed by atoms with Crippen molar-refractivity contribution in [3.05, 3.63) is 64.0 Å². The monoisotopic (exact) mass is 303 g/mol. The molecule has 0 amide bonds. The minimum Gasteiger partial charge on any atom is -0.489 e. The van der Waals surface area contributed by atoms with E-state index in [1.54, 1.807) is 6.07 Å². The van der Waals surface area contributed by atoms with Crippen molar-refractivity contribution < 1.29 is 9.13 Å². The third kappa shape index (κ3) is 3.58. The van der Waals surface area contributed by atoms with Gasteiger partial charge in [-0.15, -0.1) is 0 Å². The van der Waals surface area contributed by atoms with Gasteiger partial charge in [0.25, 0.3) is 0 Å². The van der Waals surface area contributed by atoms with Crippen LogP contribution in [0.3, 0.4) is 0 Å². The lowest BCUT2D eigenvalue weighted by Crippen LogP contribution is -2.14. The summed E-state index contributed by atoms with van der Waals surface area (Å²) in [6.45, 7) is 6.29. The van der Waals surface area contributed by atoms with E-state index in [0.717, 1.165) is 16.9 Å². The van der Waals surface area contributed by atoms with Crippen LogP contribution in [0.2, 0.25) is 0 Å². The summed E-state index contributed by atoms with van der Waals surface area (Å²) in [5.74, 6) is 0.469. The Balaban J connectivity index is 2.28. The Morgan fingerprint density at radius 3 is 2.57 bits per heavy atom. The fourth-order valence-electron chi connectivity index (χ4n) is 2.23. The Bertz CT molecular complexity index is 697. The van der Waals surface area contributed by atoms with E-state index in [-0.39, 0.29) is 17.4 Å². The number of halogens is 1. The molecule has 2 N–H and O–H groups in total. The Hall–Kier alpha value is -1.94. The van der Waals surface area contributed by atoms with Crippen molar-refractivity contribution in [2.75, 3.05) is 0 Å². The van der Waals surface area contributed by atoms with Gasteiger partial charge in [-0.05, 0) is 61.7 Å². The molecule has 2 aromatic carbocycles. The van der Waals surface area contributed by atoms with Crippen molar-refractivity contribution >= 4 is 17.2 Å². The molecule has 0 aliphatic heterocycles. The molecule has 0 aromatic heterocycles. The third-order valence-electron chi connectivity index (χ3n) is 3.48. The molecule has 0 saturated heterocycles. The van der Waals surface area contributed by atoms with Crippen LogP contribution in [0.5, 0.6) is 5.75 Å². The first-order chi connectivity index (χ1) is 9.88. The normalized spacial score (nSPS) is 10.5. The molecule has 110 valence electrons. The van der Waals surface area contributed by atoms with Crippen molar-refractivity contribution in [1.29, 1.82) is 0 Å². The summed E-state index contributed by atoms with van der Waals surface area (Å²) in [7, 11) is 0. The van der Waals surface area contributed by atoms with Gasteiger partial charge in [0.2, 0.25) is 0 Å². The molecule has 0 heterocycles. The fourth-order valence-corrected chi connectivity index (χ4v) is 2.43. The van der Waals surface area contributed by atoms with E-state index < -0.39 is 0 Å². The number of rotatable bonds is 4. The van der Waals surface area contributed by atoms with Crippen LogP contribution in [-0.4, -0.2) is 4.99 Å². The van der Waals surface area contributed by atoms with E-state index in [1.807, 2.05) is 26.8 Å². The summed E-state index contributed by atoms with van der Waals surface area (Å²) in [5.41, 5.74) is 10.3. The van der Waals surface area contributed by atoms with E-state index in [9.17, 15) is 4.39 Å². The van der Waals surface area contributed by atoms with E-state index in [4.69, 9.17) is 22.7 Å². The molecule has 0 bridgehead atoms. The number of thiocarbonyl (C=S) groups is 1. The first kappa shape index (κ1) is 15.4. The fraction of sp³-hybridized carbons (Fsp3) is 0.235. The molecule has 2 nitrogen and oxygen atoms in total. The largest absolute Gasteiger partial charge is 0.489 e. The Labute approximate surface area is 129 Å². The van der Waals surface area contributed by atoms with Crippen molar-refractivity contribution in [2.45, 2.75) is 27.4 Å². The second-order valence-corrected chi connectivity index (χ2v) is 5.60. The van der Waals surface area contributed by atoms with Gasteiger partial charge in [0.1, 0.15) is 23.2 Å². The molecule has 2 aromatic rings. The predicted octanol–water partition coefficient (Wildman–Crippen LogP) is 3.96. The summed E-state index contributed by atoms with van der Waals surface area (Å²) in [5, 5.41) is 0. The molecule has 0 atom stereocenters. The van der Waals surface area contributed by atoms with Gasteiger partial charge in [-0.3, -0.25) is 0 Å². The van der Waals surface area contributed by atoms with Crippen LogP contribution in [0, 0.1) is 26.6 Å². The molecular weight excluding hydrogens is 285 g/mol. The molecule has 4 heteroatoms. The molecule has 0 fully saturated rings. The summed E-state index contributed by atoms with van der Waals surface area (Å²) in [6, 6.07) is 8.42. The van der Waals surface area contributed by atoms with Gasteiger partial charge in [0, 0.05) is 11.1 Å². The van der Waals surface area contributed by atoms with Gasteiger partial charge in [-0.2, -0.15) is 0 Å². The van der Waals surface area contributed by atoms with Crippen LogP contribution in [0.25, 0.3) is 0 Å². The zero-order valence-corrected chi connectivity index (χ0v) is 13.2. The number of ether oxygens (including phenoxy) is 1. The number of nitrogens with two attached hydrogens (primary N) is 1. The lowest BCUT2D eigenvalue weighted by Gasteiger charge is -2.14. The zero-order chi connectivity index (χ0) is 15.6. The smallest absolute Gasteiger partial charge is 0.123 e. The highest BCUT2D eigenvalue weighted by Crippen LogP contribution is 2.25. The highest BCUT2D eigenvalue weighted by atomic mass is 32.1. The van der Waals surface area contributed by atoms with Gasteiger partial charge >= 0.3 is 0 Å². The average Bonchev–Trinajstić information content (AvgIpc) is 2.40. The number of benzene rings is 2. The first-order valence-electron chi connectivity index (χ1n) is 6.67. The van der Waals surface area contributed by atoms with Gasteiger partial charge in [-0.1, -0.05) is 18.3 Å². The van der Waals surface area contributed by atoms with Crippen molar-refractivity contribution in [3.63, 3.8) is 0 Å². The van der Waals surface area contributed by atoms with Crippen LogP contribution in [0.4, 0.5) is 4.39 Å². The minimum absolute atomic E-state index is 0.230. The average molecular weight is 303 g/mol. The first-order valence-corrected chi connectivity index (χ1v) is 7.08. The number of aryl methyl sites for hydroxylation is 2. The molecule has 21 heavy (non-hydrogen) atoms. The standard InChI is InChI=1S/C17H18FNOS/c1-10-6-11(2)12(3)16(7-10)20-9-13-8-14(18)4-5-15(13)17(19)21/h4-8H,9H2,1-3H3,(H2,19,21). The molecule has 0 aliphatic carbocycles. The van der Waals surface area contributed by atoms with E-state index >= 15 is 0 Å². The molecule has 0 aliphatic rings. The maximum absolute atomic E-state index is 13.4. The van der Waals surface area contributed by atoms with Gasteiger partial charge in [0.15, 0.2) is 0 Å². The van der Waals surface area contributed by atoms with Crippen LogP contribution in [-0.2, 0) is 6.61 Å². The Morgan fingerprint density at radius 2 is 1.90 bits per heavy atom. The third-order valence-corrected chi connectivity index (χ3v) is 3.70.